The van der Waals surface area contributed by atoms with Crippen LogP contribution in [0.15, 0.2) is 53.0 Å². The standard InChI is InChI=1S/C17H19BrN2O4S/c1-24-15-8-6-12(7-9-15)16(20-25(2,22)23)11-17(21)19-14-5-3-4-13(18)10-14/h3-10,16,20H,11H2,1-2H3,(H,19,21)/t16-/m0/s1. The lowest BCUT2D eigenvalue weighted by Crippen LogP contribution is -2.30. The maximum atomic E-state index is 12.3. The van der Waals surface area contributed by atoms with Crippen molar-refractivity contribution in [3.05, 3.63) is 58.6 Å². The number of halogens is 1. The second-order valence-corrected chi connectivity index (χ2v) is 8.17. The number of methoxy groups -OCH3 is 1. The summed E-state index contributed by atoms with van der Waals surface area (Å²) in [5.41, 5.74) is 1.31. The highest BCUT2D eigenvalue weighted by Crippen LogP contribution is 2.22. The Labute approximate surface area is 155 Å². The van der Waals surface area contributed by atoms with E-state index >= 15 is 0 Å². The fourth-order valence-corrected chi connectivity index (χ4v) is 3.42. The molecule has 2 aromatic rings. The highest BCUT2D eigenvalue weighted by atomic mass is 79.9. The minimum absolute atomic E-state index is 0.0358. The van der Waals surface area contributed by atoms with Gasteiger partial charge in [0.25, 0.3) is 0 Å². The Hall–Kier alpha value is -1.90. The molecule has 0 aromatic heterocycles. The van der Waals surface area contributed by atoms with Crippen molar-refractivity contribution in [2.24, 2.45) is 0 Å². The van der Waals surface area contributed by atoms with Gasteiger partial charge in [-0.1, -0.05) is 34.1 Å². The minimum Gasteiger partial charge on any atom is -0.497 e. The molecule has 0 fully saturated rings. The first-order valence-corrected chi connectivity index (χ1v) is 10.1. The fourth-order valence-electron chi connectivity index (χ4n) is 2.29. The van der Waals surface area contributed by atoms with Gasteiger partial charge in [0.2, 0.25) is 15.9 Å². The van der Waals surface area contributed by atoms with Gasteiger partial charge in [-0.2, -0.15) is 0 Å². The SMILES string of the molecule is COc1ccc([C@H](CC(=O)Nc2cccc(Br)c2)NS(C)(=O)=O)cc1. The molecule has 0 bridgehead atoms. The van der Waals surface area contributed by atoms with Gasteiger partial charge in [-0.3, -0.25) is 4.79 Å². The van der Waals surface area contributed by atoms with Gasteiger partial charge < -0.3 is 10.1 Å². The van der Waals surface area contributed by atoms with E-state index in [0.717, 1.165) is 10.7 Å². The zero-order chi connectivity index (χ0) is 18.4. The zero-order valence-corrected chi connectivity index (χ0v) is 16.2. The average molecular weight is 427 g/mol. The molecule has 2 aromatic carbocycles. The summed E-state index contributed by atoms with van der Waals surface area (Å²) in [6.45, 7) is 0. The zero-order valence-electron chi connectivity index (χ0n) is 13.8. The summed E-state index contributed by atoms with van der Waals surface area (Å²) < 4.78 is 31.7. The summed E-state index contributed by atoms with van der Waals surface area (Å²) in [5.74, 6) is 0.357. The lowest BCUT2D eigenvalue weighted by molar-refractivity contribution is -0.116. The van der Waals surface area contributed by atoms with Crippen molar-refractivity contribution >= 4 is 37.5 Å². The fraction of sp³-hybridized carbons (Fsp3) is 0.235. The number of sulfonamides is 1. The van der Waals surface area contributed by atoms with Gasteiger partial charge in [0.15, 0.2) is 0 Å². The van der Waals surface area contributed by atoms with Gasteiger partial charge in [0.05, 0.1) is 19.4 Å². The monoisotopic (exact) mass is 426 g/mol. The number of nitrogens with one attached hydrogen (secondary N) is 2. The molecule has 0 spiro atoms. The summed E-state index contributed by atoms with van der Waals surface area (Å²) in [7, 11) is -1.93. The highest BCUT2D eigenvalue weighted by molar-refractivity contribution is 9.10. The normalized spacial score (nSPS) is 12.4. The van der Waals surface area contributed by atoms with Crippen LogP contribution in [-0.2, 0) is 14.8 Å². The molecule has 1 atom stereocenters. The number of anilines is 1. The van der Waals surface area contributed by atoms with Crippen molar-refractivity contribution in [2.75, 3.05) is 18.7 Å². The molecule has 1 amide bonds. The molecule has 2 rings (SSSR count). The Morgan fingerprint density at radius 2 is 1.88 bits per heavy atom. The third-order valence-electron chi connectivity index (χ3n) is 3.37. The van der Waals surface area contributed by atoms with E-state index in [-0.39, 0.29) is 12.3 Å². The summed E-state index contributed by atoms with van der Waals surface area (Å²) in [5, 5.41) is 2.76. The van der Waals surface area contributed by atoms with Gasteiger partial charge in [-0.15, -0.1) is 0 Å². The van der Waals surface area contributed by atoms with Gasteiger partial charge in [0, 0.05) is 16.6 Å². The lowest BCUT2D eigenvalue weighted by atomic mass is 10.0. The van der Waals surface area contributed by atoms with Crippen LogP contribution in [0.3, 0.4) is 0 Å². The van der Waals surface area contributed by atoms with Crippen molar-refractivity contribution in [1.29, 1.82) is 0 Å². The van der Waals surface area contributed by atoms with Crippen molar-refractivity contribution in [2.45, 2.75) is 12.5 Å². The first kappa shape index (κ1) is 19.4. The third kappa shape index (κ3) is 6.49. The maximum Gasteiger partial charge on any atom is 0.226 e. The molecule has 0 aliphatic carbocycles. The highest BCUT2D eigenvalue weighted by Gasteiger charge is 2.20. The molecule has 6 nitrogen and oxygen atoms in total. The maximum absolute atomic E-state index is 12.3. The molecule has 25 heavy (non-hydrogen) atoms. The molecule has 0 saturated carbocycles. The van der Waals surface area contributed by atoms with E-state index in [1.165, 1.54) is 0 Å². The summed E-state index contributed by atoms with van der Waals surface area (Å²) in [6, 6.07) is 13.4. The molecule has 0 unspecified atom stereocenters. The van der Waals surface area contributed by atoms with Gasteiger partial charge in [-0.25, -0.2) is 13.1 Å². The van der Waals surface area contributed by atoms with E-state index in [9.17, 15) is 13.2 Å². The molecular weight excluding hydrogens is 408 g/mol. The van der Waals surface area contributed by atoms with Gasteiger partial charge in [-0.05, 0) is 35.9 Å². The van der Waals surface area contributed by atoms with Crippen LogP contribution in [0.4, 0.5) is 5.69 Å². The second-order valence-electron chi connectivity index (χ2n) is 5.48. The Balaban J connectivity index is 2.15. The summed E-state index contributed by atoms with van der Waals surface area (Å²) in [4.78, 5) is 12.3. The van der Waals surface area contributed by atoms with Crippen LogP contribution in [0.25, 0.3) is 0 Å². The number of hydrogen-bond acceptors (Lipinski definition) is 4. The predicted molar refractivity (Wildman–Crippen MR) is 101 cm³/mol. The first-order valence-electron chi connectivity index (χ1n) is 7.43. The second kappa shape index (κ2) is 8.46. The third-order valence-corrected chi connectivity index (χ3v) is 4.58. The van der Waals surface area contributed by atoms with Gasteiger partial charge in [0.1, 0.15) is 5.75 Å². The molecule has 8 heteroatoms. The largest absolute Gasteiger partial charge is 0.497 e. The molecule has 0 aliphatic rings. The van der Waals surface area contributed by atoms with Crippen LogP contribution in [-0.4, -0.2) is 27.7 Å². The molecule has 2 N–H and O–H groups in total. The molecule has 0 radical (unpaired) electrons. The average Bonchev–Trinajstić information content (AvgIpc) is 2.53. The molecule has 0 heterocycles. The van der Waals surface area contributed by atoms with Crippen LogP contribution in [0, 0.1) is 0 Å². The Morgan fingerprint density at radius 1 is 1.20 bits per heavy atom. The molecule has 0 aliphatic heterocycles. The number of amides is 1. The van der Waals surface area contributed by atoms with E-state index in [0.29, 0.717) is 17.0 Å². The van der Waals surface area contributed by atoms with E-state index < -0.39 is 16.1 Å². The number of ether oxygens (including phenoxy) is 1. The van der Waals surface area contributed by atoms with Crippen molar-refractivity contribution in [3.63, 3.8) is 0 Å². The van der Waals surface area contributed by atoms with E-state index in [4.69, 9.17) is 4.74 Å². The predicted octanol–water partition coefficient (Wildman–Crippen LogP) is 3.08. The van der Waals surface area contributed by atoms with E-state index in [2.05, 4.69) is 26.0 Å². The Bertz CT molecular complexity index is 838. The van der Waals surface area contributed by atoms with Crippen LogP contribution in [0.1, 0.15) is 18.0 Å². The Morgan fingerprint density at radius 3 is 2.44 bits per heavy atom. The van der Waals surface area contributed by atoms with Crippen LogP contribution in [0.5, 0.6) is 5.75 Å². The van der Waals surface area contributed by atoms with Crippen LogP contribution >= 0.6 is 15.9 Å². The smallest absolute Gasteiger partial charge is 0.226 e. The minimum atomic E-state index is -3.48. The summed E-state index contributed by atoms with van der Waals surface area (Å²) >= 11 is 3.34. The van der Waals surface area contributed by atoms with Gasteiger partial charge >= 0.3 is 0 Å². The van der Waals surface area contributed by atoms with Crippen LogP contribution < -0.4 is 14.8 Å². The van der Waals surface area contributed by atoms with Crippen molar-refractivity contribution < 1.29 is 17.9 Å². The van der Waals surface area contributed by atoms with E-state index in [1.54, 1.807) is 49.6 Å². The van der Waals surface area contributed by atoms with Crippen molar-refractivity contribution in [1.82, 2.24) is 4.72 Å². The number of carbonyl (C=O) groups is 1. The number of benzene rings is 2. The molecule has 0 saturated heterocycles. The number of rotatable bonds is 7. The van der Waals surface area contributed by atoms with Crippen molar-refractivity contribution in [3.8, 4) is 5.75 Å². The quantitative estimate of drug-likeness (QED) is 0.712. The molecule has 134 valence electrons. The topological polar surface area (TPSA) is 84.5 Å². The lowest BCUT2D eigenvalue weighted by Gasteiger charge is -2.18. The first-order chi connectivity index (χ1) is 11.8. The summed E-state index contributed by atoms with van der Waals surface area (Å²) in [6.07, 6.45) is 1.03. The Kier molecular flexibility index (Phi) is 6.57. The van der Waals surface area contributed by atoms with Crippen LogP contribution in [0.2, 0.25) is 0 Å². The molecular formula is C17H19BrN2O4S. The number of carbonyl (C=O) groups excluding carboxylic acids is 1. The number of hydrogen-bond donors (Lipinski definition) is 2. The van der Waals surface area contributed by atoms with E-state index in [1.807, 2.05) is 6.07 Å².